The van der Waals surface area contributed by atoms with E-state index in [9.17, 15) is 9.59 Å². The highest BCUT2D eigenvalue weighted by molar-refractivity contribution is 5.94. The highest BCUT2D eigenvalue weighted by atomic mass is 16.2. The minimum atomic E-state index is -0.116. The smallest absolute Gasteiger partial charge is 0.274 e. The van der Waals surface area contributed by atoms with Gasteiger partial charge in [-0.15, -0.1) is 0 Å². The van der Waals surface area contributed by atoms with Crippen molar-refractivity contribution in [2.45, 2.75) is 56.8 Å². The first-order valence-corrected chi connectivity index (χ1v) is 11.7. The van der Waals surface area contributed by atoms with Crippen molar-refractivity contribution in [2.75, 3.05) is 13.1 Å². The Balaban J connectivity index is 1.26. The minimum absolute atomic E-state index is 0.0209. The molecular formula is C25H27N5O2. The van der Waals surface area contributed by atoms with E-state index in [0.717, 1.165) is 79.4 Å². The molecule has 1 fully saturated rings. The number of carbonyl (C=O) groups is 1. The fourth-order valence-electron chi connectivity index (χ4n) is 5.82. The fraction of sp³-hybridized carbons (Fsp3) is 0.440. The maximum atomic E-state index is 13.2. The number of nitrogens with zero attached hydrogens (tertiary/aromatic N) is 3. The number of benzene rings is 1. The Morgan fingerprint density at radius 3 is 2.56 bits per heavy atom. The third-order valence-corrected chi connectivity index (χ3v) is 7.69. The number of rotatable bonds is 2. The number of amides is 1. The molecule has 1 spiro atoms. The molecule has 2 aromatic heterocycles. The molecule has 6 rings (SSSR count). The van der Waals surface area contributed by atoms with Gasteiger partial charge in [-0.2, -0.15) is 5.10 Å². The number of aromatic nitrogens is 4. The fourth-order valence-corrected chi connectivity index (χ4v) is 5.82. The Morgan fingerprint density at radius 1 is 0.969 bits per heavy atom. The highest BCUT2D eigenvalue weighted by Crippen LogP contribution is 2.44. The zero-order chi connectivity index (χ0) is 21.7. The molecule has 0 bridgehead atoms. The van der Waals surface area contributed by atoms with Crippen molar-refractivity contribution in [1.29, 1.82) is 0 Å². The van der Waals surface area contributed by atoms with Crippen LogP contribution in [0.25, 0.3) is 11.4 Å². The van der Waals surface area contributed by atoms with Crippen molar-refractivity contribution >= 4 is 5.91 Å². The zero-order valence-corrected chi connectivity index (χ0v) is 18.1. The molecule has 3 aliphatic rings. The Labute approximate surface area is 186 Å². The summed E-state index contributed by atoms with van der Waals surface area (Å²) in [6.45, 7) is 1.35. The lowest BCUT2D eigenvalue weighted by atomic mass is 9.76. The lowest BCUT2D eigenvalue weighted by Gasteiger charge is -2.39. The molecule has 7 nitrogen and oxygen atoms in total. The standard InChI is InChI=1S/C25H27N5O2/c31-23-18-10-11-25(21(18)26-22(27-23)16-6-2-1-3-7-16)12-14-30(15-13-25)24(32)20-17-8-4-5-9-19(17)28-29-20/h1-3,6-7H,4-5,8-15H2,(H,28,29)(H,26,27,31). The zero-order valence-electron chi connectivity index (χ0n) is 18.1. The quantitative estimate of drug-likeness (QED) is 0.654. The van der Waals surface area contributed by atoms with E-state index >= 15 is 0 Å². The predicted molar refractivity (Wildman–Crippen MR) is 121 cm³/mol. The normalized spacial score (nSPS) is 19.1. The van der Waals surface area contributed by atoms with E-state index in [1.807, 2.05) is 35.2 Å². The second-order valence-electron chi connectivity index (χ2n) is 9.42. The average Bonchev–Trinajstić information content (AvgIpc) is 3.42. The number of hydrogen-bond acceptors (Lipinski definition) is 4. The molecule has 2 aliphatic carbocycles. The van der Waals surface area contributed by atoms with Crippen LogP contribution in [0.1, 0.15) is 65.1 Å². The van der Waals surface area contributed by atoms with Crippen LogP contribution < -0.4 is 5.56 Å². The molecule has 1 aromatic carbocycles. The molecule has 1 amide bonds. The van der Waals surface area contributed by atoms with E-state index in [1.54, 1.807) is 0 Å². The van der Waals surface area contributed by atoms with Gasteiger partial charge < -0.3 is 9.88 Å². The molecule has 1 aliphatic heterocycles. The number of nitrogens with one attached hydrogen (secondary N) is 2. The molecule has 32 heavy (non-hydrogen) atoms. The molecule has 164 valence electrons. The van der Waals surface area contributed by atoms with E-state index in [2.05, 4.69) is 15.2 Å². The summed E-state index contributed by atoms with van der Waals surface area (Å²) in [4.78, 5) is 36.0. The number of piperidine rings is 1. The minimum Gasteiger partial charge on any atom is -0.337 e. The number of H-pyrrole nitrogens is 2. The summed E-state index contributed by atoms with van der Waals surface area (Å²) in [5.41, 5.74) is 5.42. The van der Waals surface area contributed by atoms with Gasteiger partial charge in [0.1, 0.15) is 5.82 Å². The van der Waals surface area contributed by atoms with Gasteiger partial charge in [-0.1, -0.05) is 30.3 Å². The van der Waals surface area contributed by atoms with E-state index in [4.69, 9.17) is 4.98 Å². The predicted octanol–water partition coefficient (Wildman–Crippen LogP) is 3.16. The largest absolute Gasteiger partial charge is 0.337 e. The van der Waals surface area contributed by atoms with Crippen molar-refractivity contribution in [2.24, 2.45) is 0 Å². The SMILES string of the molecule is O=C(c1n[nH]c2c1CCCC2)N1CCC2(CCc3c2nc(-c2ccccc2)[nH]c3=O)CC1. The van der Waals surface area contributed by atoms with Crippen LogP contribution >= 0.6 is 0 Å². The summed E-state index contributed by atoms with van der Waals surface area (Å²) in [5, 5.41) is 7.47. The van der Waals surface area contributed by atoms with Gasteiger partial charge in [0.2, 0.25) is 0 Å². The van der Waals surface area contributed by atoms with Crippen LogP contribution in [0.3, 0.4) is 0 Å². The van der Waals surface area contributed by atoms with Crippen molar-refractivity contribution in [1.82, 2.24) is 25.1 Å². The second kappa shape index (κ2) is 7.43. The summed E-state index contributed by atoms with van der Waals surface area (Å²) in [5.74, 6) is 0.679. The van der Waals surface area contributed by atoms with Gasteiger partial charge >= 0.3 is 0 Å². The Hall–Kier alpha value is -3.22. The van der Waals surface area contributed by atoms with Gasteiger partial charge in [0.15, 0.2) is 5.69 Å². The van der Waals surface area contributed by atoms with Gasteiger partial charge in [0.05, 0.1) is 5.69 Å². The molecule has 3 heterocycles. The third-order valence-electron chi connectivity index (χ3n) is 7.69. The first-order valence-electron chi connectivity index (χ1n) is 11.7. The van der Waals surface area contributed by atoms with E-state index in [-0.39, 0.29) is 16.9 Å². The molecule has 0 unspecified atom stereocenters. The summed E-state index contributed by atoms with van der Waals surface area (Å²) >= 11 is 0. The molecule has 0 saturated carbocycles. The highest BCUT2D eigenvalue weighted by Gasteiger charge is 2.45. The Kier molecular flexibility index (Phi) is 4.52. The number of fused-ring (bicyclic) bond motifs is 3. The lowest BCUT2D eigenvalue weighted by Crippen LogP contribution is -2.45. The van der Waals surface area contributed by atoms with Crippen LogP contribution in [0.5, 0.6) is 0 Å². The molecule has 7 heteroatoms. The molecule has 1 saturated heterocycles. The van der Waals surface area contributed by atoms with Gasteiger partial charge in [-0.05, 0) is 51.4 Å². The van der Waals surface area contributed by atoms with Crippen molar-refractivity contribution in [3.05, 3.63) is 68.9 Å². The third kappa shape index (κ3) is 3.02. The van der Waals surface area contributed by atoms with Crippen LogP contribution in [0.2, 0.25) is 0 Å². The molecule has 2 N–H and O–H groups in total. The van der Waals surface area contributed by atoms with Crippen LogP contribution in [0, 0.1) is 0 Å². The van der Waals surface area contributed by atoms with Crippen molar-refractivity contribution in [3.63, 3.8) is 0 Å². The molecule has 3 aromatic rings. The van der Waals surface area contributed by atoms with Gasteiger partial charge in [0.25, 0.3) is 11.5 Å². The van der Waals surface area contributed by atoms with Crippen LogP contribution in [-0.2, 0) is 24.7 Å². The topological polar surface area (TPSA) is 94.7 Å². The Morgan fingerprint density at radius 2 is 1.75 bits per heavy atom. The number of likely N-dealkylation sites (tertiary alicyclic amines) is 1. The van der Waals surface area contributed by atoms with Crippen LogP contribution in [0.15, 0.2) is 35.1 Å². The van der Waals surface area contributed by atoms with Crippen LogP contribution in [-0.4, -0.2) is 44.1 Å². The average molecular weight is 430 g/mol. The number of aryl methyl sites for hydroxylation is 1. The van der Waals surface area contributed by atoms with Gasteiger partial charge in [0, 0.05) is 40.9 Å². The van der Waals surface area contributed by atoms with Crippen molar-refractivity contribution < 1.29 is 4.79 Å². The van der Waals surface area contributed by atoms with Crippen molar-refractivity contribution in [3.8, 4) is 11.4 Å². The summed E-state index contributed by atoms with van der Waals surface area (Å²) in [6.07, 6.45) is 7.56. The van der Waals surface area contributed by atoms with E-state index < -0.39 is 0 Å². The van der Waals surface area contributed by atoms with Gasteiger partial charge in [-0.25, -0.2) is 4.98 Å². The number of hydrogen-bond donors (Lipinski definition) is 2. The summed E-state index contributed by atoms with van der Waals surface area (Å²) < 4.78 is 0. The molecule has 0 atom stereocenters. The second-order valence-corrected chi connectivity index (χ2v) is 9.42. The Bertz CT molecular complexity index is 1230. The first-order chi connectivity index (χ1) is 15.6. The summed E-state index contributed by atoms with van der Waals surface area (Å²) in [7, 11) is 0. The molecule has 0 radical (unpaired) electrons. The van der Waals surface area contributed by atoms with Gasteiger partial charge in [-0.3, -0.25) is 14.7 Å². The summed E-state index contributed by atoms with van der Waals surface area (Å²) in [6, 6.07) is 9.81. The lowest BCUT2D eigenvalue weighted by molar-refractivity contribution is 0.0656. The monoisotopic (exact) mass is 429 g/mol. The number of carbonyl (C=O) groups excluding carboxylic acids is 1. The number of aromatic amines is 2. The molecular weight excluding hydrogens is 402 g/mol. The maximum absolute atomic E-state index is 13.2. The van der Waals surface area contributed by atoms with Crippen LogP contribution in [0.4, 0.5) is 0 Å². The van der Waals surface area contributed by atoms with E-state index in [0.29, 0.717) is 24.6 Å². The first kappa shape index (κ1) is 19.5. The van der Waals surface area contributed by atoms with E-state index in [1.165, 1.54) is 0 Å². The maximum Gasteiger partial charge on any atom is 0.274 e.